The van der Waals surface area contributed by atoms with E-state index in [0.717, 1.165) is 0 Å². The lowest BCUT2D eigenvalue weighted by molar-refractivity contribution is -0.143. The molecule has 0 fully saturated rings. The van der Waals surface area contributed by atoms with Gasteiger partial charge in [-0.15, -0.1) is 0 Å². The van der Waals surface area contributed by atoms with Crippen molar-refractivity contribution in [2.45, 2.75) is 0 Å². The third kappa shape index (κ3) is 4.62. The monoisotopic (exact) mass is 252 g/mol. The first-order valence-electron chi connectivity index (χ1n) is 4.98. The molecule has 1 rings (SSSR count). The number of carboxylic acids is 1. The average molecular weight is 252 g/mol. The van der Waals surface area contributed by atoms with Crippen LogP contribution in [0.5, 0.6) is 0 Å². The molecule has 18 heavy (non-hydrogen) atoms. The first kappa shape index (κ1) is 13.7. The molecular weight excluding hydrogens is 240 g/mol. The molecule has 0 aromatic heterocycles. The van der Waals surface area contributed by atoms with Crippen molar-refractivity contribution in [3.63, 3.8) is 0 Å². The van der Waals surface area contributed by atoms with Crippen LogP contribution in [0.3, 0.4) is 0 Å². The Morgan fingerprint density at radius 3 is 2.28 bits per heavy atom. The maximum Gasteiger partial charge on any atom is 0.329 e. The van der Waals surface area contributed by atoms with E-state index in [1.165, 1.54) is 24.3 Å². The number of carbonyl (C=O) groups is 3. The van der Waals surface area contributed by atoms with Crippen molar-refractivity contribution in [2.75, 3.05) is 18.5 Å². The van der Waals surface area contributed by atoms with Gasteiger partial charge in [0.05, 0.1) is 0 Å². The van der Waals surface area contributed by atoms with Crippen LogP contribution >= 0.6 is 0 Å². The molecule has 7 nitrogen and oxygen atoms in total. The Labute approximate surface area is 103 Å². The second-order valence-corrected chi connectivity index (χ2v) is 3.38. The fourth-order valence-electron chi connectivity index (χ4n) is 1.15. The van der Waals surface area contributed by atoms with Crippen LogP contribution in [-0.4, -0.2) is 36.1 Å². The van der Waals surface area contributed by atoms with E-state index in [2.05, 4.69) is 10.1 Å². The molecule has 0 unspecified atom stereocenters. The van der Waals surface area contributed by atoms with E-state index in [0.29, 0.717) is 11.3 Å². The summed E-state index contributed by atoms with van der Waals surface area (Å²) in [6.45, 7) is -0.891. The number of carbonyl (C=O) groups excluding carboxylic acids is 2. The summed E-state index contributed by atoms with van der Waals surface area (Å²) in [5.74, 6) is -2.19. The fraction of sp³-hybridized carbons (Fsp3) is 0.182. The second-order valence-electron chi connectivity index (χ2n) is 3.38. The number of primary amides is 1. The summed E-state index contributed by atoms with van der Waals surface area (Å²) in [6.07, 6.45) is 0. The Morgan fingerprint density at radius 1 is 1.17 bits per heavy atom. The molecule has 7 heteroatoms. The first-order chi connectivity index (χ1) is 8.49. The van der Waals surface area contributed by atoms with Crippen molar-refractivity contribution >= 4 is 23.5 Å². The van der Waals surface area contributed by atoms with Crippen molar-refractivity contribution in [3.05, 3.63) is 29.8 Å². The number of nitrogens with one attached hydrogen (secondary N) is 1. The molecular formula is C11H12N2O5. The summed E-state index contributed by atoms with van der Waals surface area (Å²) in [4.78, 5) is 32.2. The van der Waals surface area contributed by atoms with E-state index in [1.807, 2.05) is 0 Å². The van der Waals surface area contributed by atoms with Crippen LogP contribution in [0.15, 0.2) is 24.3 Å². The van der Waals surface area contributed by atoms with E-state index in [9.17, 15) is 14.4 Å². The molecule has 0 aliphatic carbocycles. The highest BCUT2D eigenvalue weighted by Crippen LogP contribution is 2.08. The average Bonchev–Trinajstić information content (AvgIpc) is 2.29. The van der Waals surface area contributed by atoms with Gasteiger partial charge >= 0.3 is 5.97 Å². The van der Waals surface area contributed by atoms with Gasteiger partial charge in [-0.2, -0.15) is 0 Å². The van der Waals surface area contributed by atoms with E-state index in [4.69, 9.17) is 10.8 Å². The Morgan fingerprint density at radius 2 is 1.78 bits per heavy atom. The zero-order valence-corrected chi connectivity index (χ0v) is 9.38. The van der Waals surface area contributed by atoms with E-state index < -0.39 is 24.4 Å². The third-order valence-corrected chi connectivity index (χ3v) is 1.91. The van der Waals surface area contributed by atoms with Crippen LogP contribution in [-0.2, 0) is 14.3 Å². The summed E-state index contributed by atoms with van der Waals surface area (Å²) in [5, 5.41) is 10.8. The number of hydrogen-bond donors (Lipinski definition) is 3. The molecule has 0 heterocycles. The number of aliphatic carboxylic acids is 1. The maximum atomic E-state index is 11.3. The number of benzene rings is 1. The quantitative estimate of drug-likeness (QED) is 0.649. The zero-order chi connectivity index (χ0) is 13.5. The normalized spacial score (nSPS) is 9.78. The number of nitrogens with two attached hydrogens (primary N) is 1. The Balaban J connectivity index is 2.44. The van der Waals surface area contributed by atoms with Gasteiger partial charge in [-0.1, -0.05) is 0 Å². The van der Waals surface area contributed by atoms with Gasteiger partial charge in [0, 0.05) is 11.3 Å². The minimum Gasteiger partial charge on any atom is -0.480 e. The lowest BCUT2D eigenvalue weighted by Gasteiger charge is -2.05. The minimum absolute atomic E-state index is 0.329. The summed E-state index contributed by atoms with van der Waals surface area (Å²) >= 11 is 0. The lowest BCUT2D eigenvalue weighted by atomic mass is 10.2. The molecule has 1 aromatic carbocycles. The number of rotatable bonds is 6. The SMILES string of the molecule is NC(=O)c1ccc(NC(=O)COCC(=O)O)cc1. The standard InChI is InChI=1S/C11H12N2O5/c12-11(17)7-1-3-8(4-2-7)13-9(14)5-18-6-10(15)16/h1-4H,5-6H2,(H2,12,17)(H,13,14)(H,15,16). The zero-order valence-electron chi connectivity index (χ0n) is 9.38. The molecule has 0 saturated heterocycles. The number of hydrogen-bond acceptors (Lipinski definition) is 4. The van der Waals surface area contributed by atoms with E-state index >= 15 is 0 Å². The van der Waals surface area contributed by atoms with Gasteiger partial charge < -0.3 is 20.9 Å². The molecule has 0 aliphatic rings. The second kappa shape index (κ2) is 6.36. The van der Waals surface area contributed by atoms with Crippen molar-refractivity contribution in [1.29, 1.82) is 0 Å². The van der Waals surface area contributed by atoms with E-state index in [-0.39, 0.29) is 6.61 Å². The fourth-order valence-corrected chi connectivity index (χ4v) is 1.15. The van der Waals surface area contributed by atoms with Crippen LogP contribution in [0.25, 0.3) is 0 Å². The Kier molecular flexibility index (Phi) is 4.82. The predicted molar refractivity (Wildman–Crippen MR) is 62.0 cm³/mol. The van der Waals surface area contributed by atoms with E-state index in [1.54, 1.807) is 0 Å². The summed E-state index contributed by atoms with van der Waals surface area (Å²) in [6, 6.07) is 5.95. The van der Waals surface area contributed by atoms with Gasteiger partial charge in [0.15, 0.2) is 0 Å². The Hall–Kier alpha value is -2.41. The molecule has 0 radical (unpaired) electrons. The minimum atomic E-state index is -1.14. The number of amides is 2. The molecule has 4 N–H and O–H groups in total. The Bertz CT molecular complexity index is 455. The molecule has 0 saturated carbocycles. The third-order valence-electron chi connectivity index (χ3n) is 1.91. The van der Waals surface area contributed by atoms with Crippen molar-refractivity contribution in [1.82, 2.24) is 0 Å². The first-order valence-corrected chi connectivity index (χ1v) is 4.98. The summed E-state index contributed by atoms with van der Waals surface area (Å²) in [5.41, 5.74) is 5.85. The van der Waals surface area contributed by atoms with Gasteiger partial charge in [0.2, 0.25) is 11.8 Å². The van der Waals surface area contributed by atoms with Crippen LogP contribution < -0.4 is 11.1 Å². The highest BCUT2D eigenvalue weighted by molar-refractivity contribution is 5.95. The highest BCUT2D eigenvalue weighted by atomic mass is 16.5. The van der Waals surface area contributed by atoms with Crippen molar-refractivity contribution < 1.29 is 24.2 Å². The lowest BCUT2D eigenvalue weighted by Crippen LogP contribution is -2.20. The number of ether oxygens (including phenoxy) is 1. The maximum absolute atomic E-state index is 11.3. The van der Waals surface area contributed by atoms with Gasteiger partial charge in [-0.05, 0) is 24.3 Å². The van der Waals surface area contributed by atoms with Gasteiger partial charge in [0.25, 0.3) is 0 Å². The van der Waals surface area contributed by atoms with Crippen molar-refractivity contribution in [2.24, 2.45) is 5.73 Å². The molecule has 0 aliphatic heterocycles. The largest absolute Gasteiger partial charge is 0.480 e. The topological polar surface area (TPSA) is 119 Å². The smallest absolute Gasteiger partial charge is 0.329 e. The molecule has 96 valence electrons. The number of carboxylic acid groups (broad SMARTS) is 1. The number of anilines is 1. The summed E-state index contributed by atoms with van der Waals surface area (Å²) in [7, 11) is 0. The highest BCUT2D eigenvalue weighted by Gasteiger charge is 2.05. The molecule has 0 bridgehead atoms. The molecule has 1 aromatic rings. The summed E-state index contributed by atoms with van der Waals surface area (Å²) < 4.78 is 4.61. The molecule has 2 amide bonds. The van der Waals surface area contributed by atoms with Gasteiger partial charge in [-0.3, -0.25) is 9.59 Å². The van der Waals surface area contributed by atoms with Crippen LogP contribution in [0.4, 0.5) is 5.69 Å². The van der Waals surface area contributed by atoms with Gasteiger partial charge in [0.1, 0.15) is 13.2 Å². The van der Waals surface area contributed by atoms with Crippen LogP contribution in [0.1, 0.15) is 10.4 Å². The molecule has 0 atom stereocenters. The predicted octanol–water partition coefficient (Wildman–Crippen LogP) is -0.175. The van der Waals surface area contributed by atoms with Crippen molar-refractivity contribution in [3.8, 4) is 0 Å². The van der Waals surface area contributed by atoms with Gasteiger partial charge in [-0.25, -0.2) is 4.79 Å². The van der Waals surface area contributed by atoms with Crippen LogP contribution in [0, 0.1) is 0 Å². The molecule has 0 spiro atoms. The van der Waals surface area contributed by atoms with Crippen LogP contribution in [0.2, 0.25) is 0 Å².